The quantitative estimate of drug-likeness (QED) is 0.352. The van der Waals surface area contributed by atoms with E-state index in [9.17, 15) is 4.79 Å². The number of hydrogen-bond donors (Lipinski definition) is 0. The molecule has 118 valence electrons. The van der Waals surface area contributed by atoms with Gasteiger partial charge in [0.15, 0.2) is 11.4 Å². The highest BCUT2D eigenvalue weighted by atomic mass is 79.9. The number of alkyl halides is 1. The zero-order valence-corrected chi connectivity index (χ0v) is 15.5. The molecule has 0 aromatic carbocycles. The number of ketones is 1. The summed E-state index contributed by atoms with van der Waals surface area (Å²) in [6, 6.07) is 0. The van der Waals surface area contributed by atoms with E-state index in [1.807, 2.05) is 6.08 Å². The number of epoxide rings is 1. The third-order valence-electron chi connectivity index (χ3n) is 4.92. The zero-order valence-electron chi connectivity index (χ0n) is 12.4. The zero-order chi connectivity index (χ0) is 15.1. The van der Waals surface area contributed by atoms with Gasteiger partial charge >= 0.3 is 0 Å². The highest BCUT2D eigenvalue weighted by Crippen LogP contribution is 2.59. The van der Waals surface area contributed by atoms with Gasteiger partial charge in [-0.2, -0.15) is 0 Å². The molecule has 0 N–H and O–H groups in total. The summed E-state index contributed by atoms with van der Waals surface area (Å²) in [5.74, 6) is 0.278. The van der Waals surface area contributed by atoms with Gasteiger partial charge in [-0.05, 0) is 23.4 Å². The van der Waals surface area contributed by atoms with E-state index in [1.165, 1.54) is 25.7 Å². The SMILES string of the molecule is CCCCCCCOC1CC2C(Br)=CC1(Br)C(=O)[C@]21CO1. The standard InChI is InChI=1S/C16H22Br2O3/c1-2-3-4-5-6-7-20-13-8-11-12(17)9-15(13,18)14(19)16(11)10-21-16/h9,11,13H,2-8,10H2,1H3/t11?,13?,15?,16-/m0/s1. The fourth-order valence-corrected chi connectivity index (χ4v) is 5.66. The summed E-state index contributed by atoms with van der Waals surface area (Å²) < 4.78 is 12.0. The molecule has 1 spiro atoms. The van der Waals surface area contributed by atoms with Crippen LogP contribution in [0.25, 0.3) is 0 Å². The fraction of sp³-hybridized carbons (Fsp3) is 0.812. The average Bonchev–Trinajstić information content (AvgIpc) is 3.23. The number of Topliss-reactive ketones (excluding diaryl/α,β-unsaturated/α-hetero) is 1. The van der Waals surface area contributed by atoms with E-state index in [-0.39, 0.29) is 17.8 Å². The van der Waals surface area contributed by atoms with Crippen LogP contribution >= 0.6 is 31.9 Å². The Balaban J connectivity index is 1.58. The average molecular weight is 422 g/mol. The van der Waals surface area contributed by atoms with Crippen molar-refractivity contribution in [2.24, 2.45) is 5.92 Å². The molecule has 0 amide bonds. The topological polar surface area (TPSA) is 38.8 Å². The summed E-state index contributed by atoms with van der Waals surface area (Å²) in [5.41, 5.74) is -0.571. The molecule has 1 heterocycles. The van der Waals surface area contributed by atoms with Gasteiger partial charge in [0.05, 0.1) is 12.7 Å². The van der Waals surface area contributed by atoms with Gasteiger partial charge in [-0.25, -0.2) is 0 Å². The number of unbranched alkanes of at least 4 members (excludes halogenated alkanes) is 4. The Hall–Kier alpha value is 0.290. The Morgan fingerprint density at radius 2 is 2.10 bits per heavy atom. The molecule has 1 aliphatic heterocycles. The van der Waals surface area contributed by atoms with E-state index in [1.54, 1.807) is 0 Å². The monoisotopic (exact) mass is 420 g/mol. The molecule has 3 unspecified atom stereocenters. The van der Waals surface area contributed by atoms with Crippen LogP contribution in [0.5, 0.6) is 0 Å². The minimum Gasteiger partial charge on any atom is -0.376 e. The number of carbonyl (C=O) groups excluding carboxylic acids is 1. The van der Waals surface area contributed by atoms with Crippen molar-refractivity contribution in [2.75, 3.05) is 13.2 Å². The number of hydrogen-bond acceptors (Lipinski definition) is 3. The molecule has 1 saturated carbocycles. The second-order valence-corrected chi connectivity index (χ2v) is 8.59. The molecule has 2 bridgehead atoms. The van der Waals surface area contributed by atoms with Gasteiger partial charge in [0, 0.05) is 12.5 Å². The van der Waals surface area contributed by atoms with Crippen LogP contribution in [0.1, 0.15) is 45.4 Å². The van der Waals surface area contributed by atoms with Crippen LogP contribution in [0.4, 0.5) is 0 Å². The fourth-order valence-electron chi connectivity index (χ4n) is 3.53. The summed E-state index contributed by atoms with van der Waals surface area (Å²) in [4.78, 5) is 12.7. The minimum atomic E-state index is -0.708. The van der Waals surface area contributed by atoms with Gasteiger partial charge in [0.1, 0.15) is 4.32 Å². The predicted octanol–water partition coefficient (Wildman–Crippen LogP) is 4.13. The van der Waals surface area contributed by atoms with Gasteiger partial charge in [0.25, 0.3) is 0 Å². The second kappa shape index (κ2) is 6.06. The molecule has 2 fully saturated rings. The minimum absolute atomic E-state index is 0.0719. The van der Waals surface area contributed by atoms with Gasteiger partial charge in [0.2, 0.25) is 0 Å². The van der Waals surface area contributed by atoms with E-state index < -0.39 is 9.93 Å². The third kappa shape index (κ3) is 2.68. The third-order valence-corrected chi connectivity index (χ3v) is 6.80. The summed E-state index contributed by atoms with van der Waals surface area (Å²) in [6.07, 6.45) is 8.87. The van der Waals surface area contributed by atoms with Crippen molar-refractivity contribution < 1.29 is 14.3 Å². The van der Waals surface area contributed by atoms with E-state index in [4.69, 9.17) is 9.47 Å². The largest absolute Gasteiger partial charge is 0.376 e. The Kier molecular flexibility index (Phi) is 4.66. The molecular formula is C16H22Br2O3. The first kappa shape index (κ1) is 16.2. The summed E-state index contributed by atoms with van der Waals surface area (Å²) in [7, 11) is 0. The van der Waals surface area contributed by atoms with Gasteiger partial charge in [-0.1, -0.05) is 64.5 Å². The molecule has 1 saturated heterocycles. The maximum atomic E-state index is 12.7. The molecule has 5 heteroatoms. The lowest BCUT2D eigenvalue weighted by Crippen LogP contribution is -2.62. The highest BCUT2D eigenvalue weighted by Gasteiger charge is 2.71. The van der Waals surface area contributed by atoms with E-state index in [0.717, 1.165) is 23.9 Å². The van der Waals surface area contributed by atoms with Crippen molar-refractivity contribution in [3.05, 3.63) is 10.6 Å². The molecular weight excluding hydrogens is 400 g/mol. The number of ether oxygens (including phenoxy) is 2. The Labute approximate surface area is 143 Å². The first-order valence-electron chi connectivity index (χ1n) is 7.92. The van der Waals surface area contributed by atoms with Gasteiger partial charge in [-0.3, -0.25) is 4.79 Å². The van der Waals surface area contributed by atoms with Crippen LogP contribution < -0.4 is 0 Å². The van der Waals surface area contributed by atoms with Crippen molar-refractivity contribution in [3.63, 3.8) is 0 Å². The number of rotatable bonds is 7. The Morgan fingerprint density at radius 1 is 1.38 bits per heavy atom. The van der Waals surface area contributed by atoms with E-state index in [2.05, 4.69) is 38.8 Å². The molecule has 21 heavy (non-hydrogen) atoms. The highest BCUT2D eigenvalue weighted by molar-refractivity contribution is 9.12. The maximum absolute atomic E-state index is 12.7. The smallest absolute Gasteiger partial charge is 0.190 e. The maximum Gasteiger partial charge on any atom is 0.190 e. The lowest BCUT2D eigenvalue weighted by atomic mass is 9.66. The lowest BCUT2D eigenvalue weighted by Gasteiger charge is -2.47. The number of fused-ring (bicyclic) bond motifs is 1. The second-order valence-electron chi connectivity index (χ2n) is 6.37. The molecule has 0 aromatic rings. The van der Waals surface area contributed by atoms with Crippen molar-refractivity contribution in [1.82, 2.24) is 0 Å². The molecule has 4 rings (SSSR count). The van der Waals surface area contributed by atoms with Crippen molar-refractivity contribution >= 4 is 37.6 Å². The van der Waals surface area contributed by atoms with Crippen molar-refractivity contribution in [1.29, 1.82) is 0 Å². The van der Waals surface area contributed by atoms with Crippen molar-refractivity contribution in [3.8, 4) is 0 Å². The molecule has 4 atom stereocenters. The predicted molar refractivity (Wildman–Crippen MR) is 89.0 cm³/mol. The van der Waals surface area contributed by atoms with Crippen LogP contribution in [-0.2, 0) is 14.3 Å². The van der Waals surface area contributed by atoms with Crippen LogP contribution in [-0.4, -0.2) is 35.0 Å². The first-order chi connectivity index (χ1) is 10.0. The lowest BCUT2D eigenvalue weighted by molar-refractivity contribution is -0.137. The number of halogens is 2. The molecule has 4 aliphatic rings. The summed E-state index contributed by atoms with van der Waals surface area (Å²) in [5, 5.41) is 0. The van der Waals surface area contributed by atoms with Crippen LogP contribution in [0, 0.1) is 5.92 Å². The van der Waals surface area contributed by atoms with Gasteiger partial charge < -0.3 is 9.47 Å². The Morgan fingerprint density at radius 3 is 2.76 bits per heavy atom. The summed E-state index contributed by atoms with van der Waals surface area (Å²) in [6.45, 7) is 3.51. The Bertz CT molecular complexity index is 458. The van der Waals surface area contributed by atoms with Gasteiger partial charge in [-0.15, -0.1) is 0 Å². The van der Waals surface area contributed by atoms with Crippen LogP contribution in [0.3, 0.4) is 0 Å². The normalized spacial score (nSPS) is 40.7. The first-order valence-corrected chi connectivity index (χ1v) is 9.51. The molecule has 0 aromatic heterocycles. The number of carbonyl (C=O) groups is 1. The van der Waals surface area contributed by atoms with Crippen molar-refractivity contribution in [2.45, 2.75) is 61.5 Å². The summed E-state index contributed by atoms with van der Waals surface area (Å²) >= 11 is 7.26. The molecule has 3 aliphatic carbocycles. The van der Waals surface area contributed by atoms with E-state index >= 15 is 0 Å². The van der Waals surface area contributed by atoms with Crippen LogP contribution in [0.15, 0.2) is 10.6 Å². The molecule has 0 radical (unpaired) electrons. The van der Waals surface area contributed by atoms with E-state index in [0.29, 0.717) is 6.61 Å². The van der Waals surface area contributed by atoms with Crippen LogP contribution in [0.2, 0.25) is 0 Å². The molecule has 3 nitrogen and oxygen atoms in total.